The molecule has 2 N–H and O–H groups in total. The molecule has 2 aliphatic rings. The Labute approximate surface area is 239 Å². The molecule has 1 amide bonds. The zero-order chi connectivity index (χ0) is 29.1. The molecule has 1 saturated heterocycles. The highest BCUT2D eigenvalue weighted by Crippen LogP contribution is 2.45. The van der Waals surface area contributed by atoms with Gasteiger partial charge in [0, 0.05) is 43.6 Å². The molecule has 2 heterocycles. The lowest BCUT2D eigenvalue weighted by molar-refractivity contribution is -0.139. The van der Waals surface area contributed by atoms with E-state index in [0.717, 1.165) is 19.1 Å². The summed E-state index contributed by atoms with van der Waals surface area (Å²) in [5.74, 6) is -3.69. The quantitative estimate of drug-likeness (QED) is 0.507. The van der Waals surface area contributed by atoms with Crippen molar-refractivity contribution in [2.24, 2.45) is 5.73 Å². The van der Waals surface area contributed by atoms with Crippen LogP contribution >= 0.6 is 15.9 Å². The molecular weight excluding hydrogens is 585 g/mol. The summed E-state index contributed by atoms with van der Waals surface area (Å²) in [5.41, 5.74) is 6.88. The minimum absolute atomic E-state index is 0.0276. The molecule has 0 bridgehead atoms. The number of rotatable bonds is 5. The van der Waals surface area contributed by atoms with Crippen molar-refractivity contribution >= 4 is 45.2 Å². The highest BCUT2D eigenvalue weighted by Gasteiger charge is 2.43. The van der Waals surface area contributed by atoms with Crippen molar-refractivity contribution in [1.29, 1.82) is 5.26 Å². The smallest absolute Gasteiger partial charge is 0.355 e. The monoisotopic (exact) mass is 611 g/mol. The van der Waals surface area contributed by atoms with Gasteiger partial charge < -0.3 is 25.0 Å². The fourth-order valence-electron chi connectivity index (χ4n) is 5.01. The Balaban J connectivity index is 1.90. The second-order valence-electron chi connectivity index (χ2n) is 9.09. The first-order valence-corrected chi connectivity index (χ1v) is 13.1. The van der Waals surface area contributed by atoms with E-state index >= 15 is 4.39 Å². The van der Waals surface area contributed by atoms with E-state index in [1.165, 1.54) is 19.1 Å². The van der Waals surface area contributed by atoms with E-state index in [1.807, 2.05) is 0 Å². The van der Waals surface area contributed by atoms with Gasteiger partial charge in [-0.05, 0) is 27.6 Å². The first-order valence-electron chi connectivity index (χ1n) is 12.3. The number of amides is 1. The number of hydrogen-bond donors (Lipinski definition) is 1. The number of nitrogens with two attached hydrogens (primary N) is 1. The van der Waals surface area contributed by atoms with Gasteiger partial charge in [0.15, 0.2) is 0 Å². The fourth-order valence-corrected chi connectivity index (χ4v) is 5.68. The maximum absolute atomic E-state index is 15.8. The predicted molar refractivity (Wildman–Crippen MR) is 148 cm³/mol. The third-order valence-corrected chi connectivity index (χ3v) is 7.52. The SMILES string of the molecule is COC(=O)C1=C(C(=O)OC)N(c2cc(F)c(N3CCN(C(C)=O)CC3)c(Br)c2)C(N)=C(C#N)C1c1ccccc1. The summed E-state index contributed by atoms with van der Waals surface area (Å²) < 4.78 is 26.2. The van der Waals surface area contributed by atoms with Gasteiger partial charge >= 0.3 is 11.9 Å². The van der Waals surface area contributed by atoms with Crippen molar-refractivity contribution in [3.63, 3.8) is 0 Å². The molecular formula is C28H27BrFN5O5. The lowest BCUT2D eigenvalue weighted by atomic mass is 9.81. The van der Waals surface area contributed by atoms with Crippen LogP contribution in [0.5, 0.6) is 0 Å². The number of carbonyl (C=O) groups is 3. The Morgan fingerprint density at radius 1 is 1.05 bits per heavy atom. The van der Waals surface area contributed by atoms with Gasteiger partial charge in [-0.2, -0.15) is 5.26 Å². The third kappa shape index (κ3) is 5.12. The largest absolute Gasteiger partial charge is 0.466 e. The van der Waals surface area contributed by atoms with Gasteiger partial charge in [0.1, 0.15) is 17.3 Å². The lowest BCUT2D eigenvalue weighted by Gasteiger charge is -2.38. The van der Waals surface area contributed by atoms with E-state index in [2.05, 4.69) is 22.0 Å². The van der Waals surface area contributed by atoms with Crippen LogP contribution in [0, 0.1) is 17.1 Å². The van der Waals surface area contributed by atoms with Crippen LogP contribution in [0.4, 0.5) is 15.8 Å². The molecule has 10 nitrogen and oxygen atoms in total. The Morgan fingerprint density at radius 2 is 1.68 bits per heavy atom. The van der Waals surface area contributed by atoms with Gasteiger partial charge in [0.25, 0.3) is 0 Å². The van der Waals surface area contributed by atoms with Crippen molar-refractivity contribution in [1.82, 2.24) is 4.90 Å². The molecule has 2 aromatic carbocycles. The fraction of sp³-hybridized carbons (Fsp3) is 0.286. The minimum Gasteiger partial charge on any atom is -0.466 e. The average Bonchev–Trinajstić information content (AvgIpc) is 2.95. The van der Waals surface area contributed by atoms with Crippen LogP contribution in [0.25, 0.3) is 0 Å². The molecule has 1 fully saturated rings. The van der Waals surface area contributed by atoms with Gasteiger partial charge in [0.2, 0.25) is 5.91 Å². The number of halogens is 2. The van der Waals surface area contributed by atoms with Crippen molar-refractivity contribution < 1.29 is 28.2 Å². The lowest BCUT2D eigenvalue weighted by Crippen LogP contribution is -2.48. The van der Waals surface area contributed by atoms with Gasteiger partial charge in [0.05, 0.1) is 48.7 Å². The van der Waals surface area contributed by atoms with Gasteiger partial charge in [-0.15, -0.1) is 0 Å². The van der Waals surface area contributed by atoms with Crippen molar-refractivity contribution in [2.45, 2.75) is 12.8 Å². The highest BCUT2D eigenvalue weighted by molar-refractivity contribution is 9.10. The van der Waals surface area contributed by atoms with Crippen molar-refractivity contribution in [2.75, 3.05) is 50.2 Å². The number of anilines is 2. The van der Waals surface area contributed by atoms with E-state index in [1.54, 1.807) is 40.1 Å². The number of benzene rings is 2. The summed E-state index contributed by atoms with van der Waals surface area (Å²) in [7, 11) is 2.29. The number of piperazine rings is 1. The molecule has 4 rings (SSSR count). The summed E-state index contributed by atoms with van der Waals surface area (Å²) in [6.45, 7) is 3.20. The first-order chi connectivity index (χ1) is 19.1. The molecule has 0 aliphatic carbocycles. The number of hydrogen-bond acceptors (Lipinski definition) is 9. The molecule has 0 radical (unpaired) electrons. The zero-order valence-electron chi connectivity index (χ0n) is 22.1. The number of nitrogens with zero attached hydrogens (tertiary/aromatic N) is 4. The van der Waals surface area contributed by atoms with Crippen LogP contribution < -0.4 is 15.5 Å². The minimum atomic E-state index is -1.03. The van der Waals surface area contributed by atoms with Crippen molar-refractivity contribution in [3.05, 3.63) is 81.0 Å². The number of methoxy groups -OCH3 is 2. The summed E-state index contributed by atoms with van der Waals surface area (Å²) >= 11 is 3.44. The highest BCUT2D eigenvalue weighted by atomic mass is 79.9. The van der Waals surface area contributed by atoms with Gasteiger partial charge in [-0.1, -0.05) is 30.3 Å². The van der Waals surface area contributed by atoms with E-state index < -0.39 is 23.7 Å². The second-order valence-corrected chi connectivity index (χ2v) is 9.94. The number of ether oxygens (including phenoxy) is 2. The molecule has 1 atom stereocenters. The number of esters is 2. The van der Waals surface area contributed by atoms with Crippen LogP contribution in [-0.2, 0) is 23.9 Å². The van der Waals surface area contributed by atoms with Crippen LogP contribution in [0.1, 0.15) is 18.4 Å². The Morgan fingerprint density at radius 3 is 2.20 bits per heavy atom. The summed E-state index contributed by atoms with van der Waals surface area (Å²) in [4.78, 5) is 42.8. The summed E-state index contributed by atoms with van der Waals surface area (Å²) in [6, 6.07) is 13.4. The molecule has 12 heteroatoms. The maximum Gasteiger partial charge on any atom is 0.355 e. The van der Waals surface area contributed by atoms with E-state index in [-0.39, 0.29) is 39.9 Å². The number of allylic oxidation sites excluding steroid dienone is 1. The molecule has 1 unspecified atom stereocenters. The standard InChI is InChI=1S/C28H27BrFN5O5/c1-16(36)33-9-11-34(12-10-33)24-20(29)13-18(14-21(24)30)35-25(28(38)40-3)23(27(37)39-2)22(19(15-31)26(35)32)17-7-5-4-6-8-17/h4-8,13-14,22H,9-12,32H2,1-3H3. The second kappa shape index (κ2) is 11.8. The number of nitriles is 1. The topological polar surface area (TPSA) is 129 Å². The van der Waals surface area contributed by atoms with Crippen LogP contribution in [0.3, 0.4) is 0 Å². The third-order valence-electron chi connectivity index (χ3n) is 6.91. The van der Waals surface area contributed by atoms with Crippen LogP contribution in [-0.4, -0.2) is 63.1 Å². The normalized spacial score (nSPS) is 17.5. The Hall–Kier alpha value is -4.37. The van der Waals surface area contributed by atoms with Gasteiger partial charge in [-0.3, -0.25) is 9.69 Å². The summed E-state index contributed by atoms with van der Waals surface area (Å²) in [6.07, 6.45) is 0. The van der Waals surface area contributed by atoms with E-state index in [0.29, 0.717) is 36.2 Å². The molecule has 208 valence electrons. The Bertz CT molecular complexity index is 1440. The molecule has 0 spiro atoms. The molecule has 0 saturated carbocycles. The van der Waals surface area contributed by atoms with Crippen LogP contribution in [0.2, 0.25) is 0 Å². The van der Waals surface area contributed by atoms with Gasteiger partial charge in [-0.25, -0.2) is 14.0 Å². The number of carbonyl (C=O) groups excluding carboxylic acids is 3. The van der Waals surface area contributed by atoms with E-state index in [9.17, 15) is 19.6 Å². The zero-order valence-corrected chi connectivity index (χ0v) is 23.7. The molecule has 2 aromatic rings. The van der Waals surface area contributed by atoms with E-state index in [4.69, 9.17) is 15.2 Å². The summed E-state index contributed by atoms with van der Waals surface area (Å²) in [5, 5.41) is 10.2. The van der Waals surface area contributed by atoms with Crippen molar-refractivity contribution in [3.8, 4) is 6.07 Å². The van der Waals surface area contributed by atoms with Crippen LogP contribution in [0.15, 0.2) is 69.6 Å². The molecule has 40 heavy (non-hydrogen) atoms. The predicted octanol–water partition coefficient (Wildman–Crippen LogP) is 3.15. The Kier molecular flexibility index (Phi) is 8.44. The molecule has 0 aromatic heterocycles. The average molecular weight is 612 g/mol. The maximum atomic E-state index is 15.8. The first kappa shape index (κ1) is 28.6. The molecule has 2 aliphatic heterocycles.